The molecule has 0 unspecified atom stereocenters. The molecule has 2 N–H and O–H groups in total. The topological polar surface area (TPSA) is 122 Å². The molecule has 0 spiro atoms. The molecule has 9 nitrogen and oxygen atoms in total. The zero-order chi connectivity index (χ0) is 16.7. The lowest BCUT2D eigenvalue weighted by atomic mass is 10.3. The summed E-state index contributed by atoms with van der Waals surface area (Å²) in [6.07, 6.45) is 1.26. The van der Waals surface area contributed by atoms with E-state index in [0.29, 0.717) is 0 Å². The van der Waals surface area contributed by atoms with Crippen molar-refractivity contribution in [1.82, 2.24) is 14.5 Å². The van der Waals surface area contributed by atoms with Gasteiger partial charge in [0.25, 0.3) is 5.56 Å². The number of aliphatic hydroxyl groups excluding tert-OH is 1. The molecule has 22 heavy (non-hydrogen) atoms. The Labute approximate surface area is 126 Å². The highest BCUT2D eigenvalue weighted by atomic mass is 16.5. The van der Waals surface area contributed by atoms with E-state index in [1.54, 1.807) is 6.92 Å². The van der Waals surface area contributed by atoms with Crippen LogP contribution in [0.15, 0.2) is 15.8 Å². The number of aromatic amines is 1. The van der Waals surface area contributed by atoms with E-state index >= 15 is 0 Å². The average Bonchev–Trinajstić information content (AvgIpc) is 2.44. The molecule has 1 amide bonds. The van der Waals surface area contributed by atoms with E-state index in [9.17, 15) is 19.2 Å². The first-order chi connectivity index (χ1) is 10.4. The van der Waals surface area contributed by atoms with Crippen LogP contribution >= 0.6 is 0 Å². The lowest BCUT2D eigenvalue weighted by molar-refractivity contribution is -0.149. The first-order valence-electron chi connectivity index (χ1n) is 6.73. The number of aromatic nitrogens is 2. The molecule has 0 aliphatic heterocycles. The van der Waals surface area contributed by atoms with Crippen molar-refractivity contribution in [1.29, 1.82) is 0 Å². The van der Waals surface area contributed by atoms with E-state index in [-0.39, 0.29) is 38.4 Å². The minimum absolute atomic E-state index is 0.0608. The number of rotatable bonds is 7. The summed E-state index contributed by atoms with van der Waals surface area (Å²) < 4.78 is 5.78. The van der Waals surface area contributed by atoms with Crippen LogP contribution in [0.2, 0.25) is 0 Å². The minimum atomic E-state index is -0.718. The third-order valence-electron chi connectivity index (χ3n) is 2.84. The summed E-state index contributed by atoms with van der Waals surface area (Å²) in [4.78, 5) is 49.7. The average molecular weight is 313 g/mol. The summed E-state index contributed by atoms with van der Waals surface area (Å²) in [5.74, 6) is -1.15. The van der Waals surface area contributed by atoms with Crippen molar-refractivity contribution in [2.45, 2.75) is 20.4 Å². The maximum Gasteiger partial charge on any atom is 0.328 e. The second-order valence-corrected chi connectivity index (χ2v) is 4.54. The zero-order valence-electron chi connectivity index (χ0n) is 12.5. The van der Waals surface area contributed by atoms with Crippen molar-refractivity contribution in [2.75, 3.05) is 26.3 Å². The number of carbonyl (C=O) groups is 2. The minimum Gasteiger partial charge on any atom is -0.465 e. The number of aliphatic hydroxyl groups is 1. The van der Waals surface area contributed by atoms with Gasteiger partial charge in [0.05, 0.1) is 13.2 Å². The highest BCUT2D eigenvalue weighted by Crippen LogP contribution is 1.95. The van der Waals surface area contributed by atoms with E-state index < -0.39 is 23.1 Å². The predicted octanol–water partition coefficient (Wildman–Crippen LogP) is -1.77. The number of hydrogen-bond donors (Lipinski definition) is 2. The van der Waals surface area contributed by atoms with Gasteiger partial charge < -0.3 is 14.7 Å². The van der Waals surface area contributed by atoms with Crippen molar-refractivity contribution in [2.24, 2.45) is 0 Å². The monoisotopic (exact) mass is 313 g/mol. The number of nitrogens with one attached hydrogen (secondary N) is 1. The molecule has 0 fully saturated rings. The molecule has 122 valence electrons. The van der Waals surface area contributed by atoms with Gasteiger partial charge in [-0.3, -0.25) is 23.9 Å². The molecular formula is C13H19N3O6. The number of carbonyl (C=O) groups excluding carboxylic acids is 2. The van der Waals surface area contributed by atoms with Gasteiger partial charge in [-0.1, -0.05) is 0 Å². The van der Waals surface area contributed by atoms with Gasteiger partial charge in [0.15, 0.2) is 0 Å². The highest BCUT2D eigenvalue weighted by molar-refractivity contribution is 5.82. The van der Waals surface area contributed by atoms with Crippen molar-refractivity contribution in [3.8, 4) is 0 Å². The van der Waals surface area contributed by atoms with Gasteiger partial charge in [-0.05, 0) is 13.8 Å². The summed E-state index contributed by atoms with van der Waals surface area (Å²) in [5.41, 5.74) is -0.956. The Morgan fingerprint density at radius 3 is 2.68 bits per heavy atom. The smallest absolute Gasteiger partial charge is 0.328 e. The first-order valence-corrected chi connectivity index (χ1v) is 6.73. The second-order valence-electron chi connectivity index (χ2n) is 4.54. The SMILES string of the molecule is CCOC(=O)CN(CCO)C(=O)Cn1cc(C)c(=O)[nH]c1=O. The van der Waals surface area contributed by atoms with Crippen LogP contribution in [0.3, 0.4) is 0 Å². The number of hydrogen-bond acceptors (Lipinski definition) is 6. The molecule has 1 rings (SSSR count). The van der Waals surface area contributed by atoms with Crippen molar-refractivity contribution in [3.05, 3.63) is 32.6 Å². The Hall–Kier alpha value is -2.42. The van der Waals surface area contributed by atoms with Gasteiger partial charge in [-0.15, -0.1) is 0 Å². The van der Waals surface area contributed by atoms with E-state index in [1.165, 1.54) is 13.1 Å². The number of amides is 1. The molecule has 0 atom stereocenters. The van der Waals surface area contributed by atoms with Crippen LogP contribution in [0.5, 0.6) is 0 Å². The third-order valence-corrected chi connectivity index (χ3v) is 2.84. The first kappa shape index (κ1) is 17.6. The molecule has 0 aliphatic rings. The summed E-state index contributed by atoms with van der Waals surface area (Å²) >= 11 is 0. The van der Waals surface area contributed by atoms with Gasteiger partial charge in [0, 0.05) is 18.3 Å². The molecule has 1 heterocycles. The van der Waals surface area contributed by atoms with Crippen molar-refractivity contribution in [3.63, 3.8) is 0 Å². The zero-order valence-corrected chi connectivity index (χ0v) is 12.5. The van der Waals surface area contributed by atoms with E-state index in [1.807, 2.05) is 0 Å². The standard InChI is InChI=1S/C13H19N3O6/c1-3-22-11(19)8-15(4-5-17)10(18)7-16-6-9(2)12(20)14-13(16)21/h6,17H,3-5,7-8H2,1-2H3,(H,14,20,21). The Kier molecular flexibility index (Phi) is 6.51. The molecule has 9 heteroatoms. The van der Waals surface area contributed by atoms with Crippen LogP contribution in [0.1, 0.15) is 12.5 Å². The molecule has 0 bridgehead atoms. The summed E-state index contributed by atoms with van der Waals surface area (Å²) in [7, 11) is 0. The Balaban J connectivity index is 2.87. The van der Waals surface area contributed by atoms with Crippen LogP contribution < -0.4 is 11.2 Å². The molecule has 0 radical (unpaired) electrons. The fourth-order valence-corrected chi connectivity index (χ4v) is 1.76. The molecule has 0 saturated heterocycles. The van der Waals surface area contributed by atoms with E-state index in [2.05, 4.69) is 4.98 Å². The number of aryl methyl sites for hydroxylation is 1. The number of esters is 1. The Bertz CT molecular complexity index is 648. The Morgan fingerprint density at radius 1 is 1.41 bits per heavy atom. The van der Waals surface area contributed by atoms with Crippen LogP contribution in [0.4, 0.5) is 0 Å². The maximum atomic E-state index is 12.1. The molecule has 0 aromatic carbocycles. The van der Waals surface area contributed by atoms with Gasteiger partial charge >= 0.3 is 11.7 Å². The molecule has 1 aromatic heterocycles. The highest BCUT2D eigenvalue weighted by Gasteiger charge is 2.18. The Morgan fingerprint density at radius 2 is 2.09 bits per heavy atom. The maximum absolute atomic E-state index is 12.1. The fraction of sp³-hybridized carbons (Fsp3) is 0.538. The normalized spacial score (nSPS) is 10.3. The largest absolute Gasteiger partial charge is 0.465 e. The third kappa shape index (κ3) is 4.85. The van der Waals surface area contributed by atoms with Crippen molar-refractivity contribution < 1.29 is 19.4 Å². The summed E-state index contributed by atoms with van der Waals surface area (Å²) in [5, 5.41) is 8.97. The van der Waals surface area contributed by atoms with Gasteiger partial charge in [0.2, 0.25) is 5.91 Å². The van der Waals surface area contributed by atoms with Gasteiger partial charge in [-0.25, -0.2) is 4.79 Å². The molecule has 0 aliphatic carbocycles. The van der Waals surface area contributed by atoms with Crippen LogP contribution in [-0.4, -0.2) is 57.7 Å². The lowest BCUT2D eigenvalue weighted by Gasteiger charge is -2.21. The van der Waals surface area contributed by atoms with Crippen LogP contribution in [0.25, 0.3) is 0 Å². The van der Waals surface area contributed by atoms with Crippen LogP contribution in [-0.2, 0) is 20.9 Å². The lowest BCUT2D eigenvalue weighted by Crippen LogP contribution is -2.42. The van der Waals surface area contributed by atoms with Crippen LogP contribution in [0, 0.1) is 6.92 Å². The summed E-state index contributed by atoms with van der Waals surface area (Å²) in [6, 6.07) is 0. The van der Waals surface area contributed by atoms with Gasteiger partial charge in [-0.2, -0.15) is 0 Å². The number of H-pyrrole nitrogens is 1. The fourth-order valence-electron chi connectivity index (χ4n) is 1.76. The van der Waals surface area contributed by atoms with Gasteiger partial charge in [0.1, 0.15) is 13.1 Å². The molecule has 1 aromatic rings. The van der Waals surface area contributed by atoms with E-state index in [4.69, 9.17) is 9.84 Å². The summed E-state index contributed by atoms with van der Waals surface area (Å²) in [6.45, 7) is 2.26. The number of nitrogens with zero attached hydrogens (tertiary/aromatic N) is 2. The molecule has 0 saturated carbocycles. The van der Waals surface area contributed by atoms with E-state index in [0.717, 1.165) is 9.47 Å². The predicted molar refractivity (Wildman–Crippen MR) is 76.4 cm³/mol. The quantitative estimate of drug-likeness (QED) is 0.574. The number of ether oxygens (including phenoxy) is 1. The van der Waals surface area contributed by atoms with Crippen molar-refractivity contribution >= 4 is 11.9 Å². The molecular weight excluding hydrogens is 294 g/mol. The second kappa shape index (κ2) is 8.13.